The van der Waals surface area contributed by atoms with E-state index < -0.39 is 46.9 Å². The van der Waals surface area contributed by atoms with Gasteiger partial charge in [0.15, 0.2) is 11.5 Å². The van der Waals surface area contributed by atoms with E-state index in [9.17, 15) is 19.2 Å². The predicted octanol–water partition coefficient (Wildman–Crippen LogP) is 3.71. The van der Waals surface area contributed by atoms with E-state index in [2.05, 4.69) is 0 Å². The molecule has 0 bridgehead atoms. The number of ketones is 2. The van der Waals surface area contributed by atoms with Crippen LogP contribution in [0.2, 0.25) is 0 Å². The zero-order valence-corrected chi connectivity index (χ0v) is 20.4. The first-order valence-corrected chi connectivity index (χ1v) is 11.9. The third kappa shape index (κ3) is 2.93. The molecule has 2 saturated heterocycles. The highest BCUT2D eigenvalue weighted by Gasteiger charge is 2.74. The van der Waals surface area contributed by atoms with E-state index in [1.54, 1.807) is 48.5 Å². The van der Waals surface area contributed by atoms with Crippen LogP contribution in [0.5, 0.6) is 11.5 Å². The molecule has 37 heavy (non-hydrogen) atoms. The summed E-state index contributed by atoms with van der Waals surface area (Å²) in [4.78, 5) is 56.8. The molecule has 2 heterocycles. The number of rotatable bonds is 4. The Morgan fingerprint density at radius 3 is 2.03 bits per heavy atom. The summed E-state index contributed by atoms with van der Waals surface area (Å²) in [6.07, 6.45) is -0.963. The molecule has 2 amide bonds. The number of fused-ring (bicyclic) bond motifs is 3. The summed E-state index contributed by atoms with van der Waals surface area (Å²) in [6.45, 7) is 1.86. The van der Waals surface area contributed by atoms with Crippen LogP contribution in [0.4, 0.5) is 5.69 Å². The maximum Gasteiger partial charge on any atom is 0.241 e. The molecule has 3 aromatic carbocycles. The number of carbonyl (C=O) groups excluding carboxylic acids is 4. The molecule has 3 aliphatic rings. The second-order valence-electron chi connectivity index (χ2n) is 9.39. The number of nitrogens with zero attached hydrogens (tertiary/aromatic N) is 1. The van der Waals surface area contributed by atoms with Gasteiger partial charge in [-0.25, -0.2) is 4.90 Å². The minimum Gasteiger partial charge on any atom is -0.493 e. The number of aryl methyl sites for hydroxylation is 1. The molecule has 0 aromatic heterocycles. The van der Waals surface area contributed by atoms with E-state index in [0.29, 0.717) is 17.1 Å². The quantitative estimate of drug-likeness (QED) is 0.400. The molecule has 186 valence electrons. The number of ether oxygens (including phenoxy) is 3. The van der Waals surface area contributed by atoms with Crippen molar-refractivity contribution in [3.05, 3.63) is 89.0 Å². The van der Waals surface area contributed by atoms with E-state index in [0.717, 1.165) is 10.5 Å². The number of methoxy groups -OCH3 is 2. The number of hydrogen-bond acceptors (Lipinski definition) is 7. The van der Waals surface area contributed by atoms with Crippen LogP contribution in [0, 0.1) is 18.8 Å². The van der Waals surface area contributed by atoms with E-state index in [1.165, 1.54) is 20.3 Å². The average Bonchev–Trinajstić information content (AvgIpc) is 3.48. The van der Waals surface area contributed by atoms with Gasteiger partial charge in [-0.1, -0.05) is 48.5 Å². The van der Waals surface area contributed by atoms with Gasteiger partial charge >= 0.3 is 0 Å². The molecule has 1 spiro atoms. The van der Waals surface area contributed by atoms with Crippen molar-refractivity contribution in [3.8, 4) is 11.5 Å². The molecule has 2 fully saturated rings. The Labute approximate surface area is 212 Å². The normalized spacial score (nSPS) is 23.5. The molecule has 8 heteroatoms. The lowest BCUT2D eigenvalue weighted by Crippen LogP contribution is -2.51. The van der Waals surface area contributed by atoms with Crippen molar-refractivity contribution in [3.63, 3.8) is 0 Å². The van der Waals surface area contributed by atoms with Crippen molar-refractivity contribution >= 4 is 29.1 Å². The third-order valence-electron chi connectivity index (χ3n) is 7.64. The van der Waals surface area contributed by atoms with Gasteiger partial charge in [0.25, 0.3) is 0 Å². The zero-order valence-electron chi connectivity index (χ0n) is 20.4. The average molecular weight is 498 g/mol. The van der Waals surface area contributed by atoms with E-state index in [4.69, 9.17) is 14.2 Å². The predicted molar refractivity (Wildman–Crippen MR) is 132 cm³/mol. The molecule has 0 unspecified atom stereocenters. The van der Waals surface area contributed by atoms with Crippen LogP contribution < -0.4 is 14.4 Å². The molecule has 6 rings (SSSR count). The highest BCUT2D eigenvalue weighted by atomic mass is 16.5. The topological polar surface area (TPSA) is 99.2 Å². The second kappa shape index (κ2) is 8.11. The van der Waals surface area contributed by atoms with E-state index >= 15 is 0 Å². The number of amides is 2. The lowest BCUT2D eigenvalue weighted by Gasteiger charge is -2.27. The summed E-state index contributed by atoms with van der Waals surface area (Å²) in [5.74, 6) is -3.99. The first-order chi connectivity index (χ1) is 17.8. The SMILES string of the molecule is COc1ccc(N2C(=O)[C@@H]3[C@H](c4ccccc4C)OC4(C(=O)c5ccccc5C4=O)[C@H]3C2=O)cc1OC. The number of Topliss-reactive ketones (excluding diaryl/α,β-unsaturated/α-hetero) is 2. The number of hydrogen-bond donors (Lipinski definition) is 0. The van der Waals surface area contributed by atoms with Gasteiger partial charge in [-0.3, -0.25) is 19.2 Å². The summed E-state index contributed by atoms with van der Waals surface area (Å²) < 4.78 is 17.0. The largest absolute Gasteiger partial charge is 0.493 e. The van der Waals surface area contributed by atoms with Gasteiger partial charge in [0.1, 0.15) is 0 Å². The standard InChI is InChI=1S/C29H23NO7/c1-15-8-4-5-9-17(15)24-22-23(29(37-24)25(31)18-10-6-7-11-19(18)26(29)32)28(34)30(27(22)33)16-12-13-20(35-2)21(14-16)36-3/h4-14,22-24H,1-3H3/t22-,23+,24-/m0/s1. The first kappa shape index (κ1) is 23.1. The van der Waals surface area contributed by atoms with Crippen LogP contribution in [-0.4, -0.2) is 43.2 Å². The Balaban J connectivity index is 1.54. The van der Waals surface area contributed by atoms with E-state index in [1.807, 2.05) is 19.1 Å². The lowest BCUT2D eigenvalue weighted by atomic mass is 9.77. The molecule has 0 N–H and O–H groups in total. The minimum absolute atomic E-state index is 0.196. The Morgan fingerprint density at radius 1 is 0.784 bits per heavy atom. The Kier molecular flexibility index (Phi) is 5.07. The molecule has 0 saturated carbocycles. The highest BCUT2D eigenvalue weighted by Crippen LogP contribution is 2.58. The van der Waals surface area contributed by atoms with Crippen molar-refractivity contribution in [2.24, 2.45) is 11.8 Å². The van der Waals surface area contributed by atoms with Crippen molar-refractivity contribution in [1.29, 1.82) is 0 Å². The zero-order chi connectivity index (χ0) is 26.1. The summed E-state index contributed by atoms with van der Waals surface area (Å²) in [7, 11) is 2.94. The van der Waals surface area contributed by atoms with Gasteiger partial charge < -0.3 is 14.2 Å². The molecular formula is C29H23NO7. The highest BCUT2D eigenvalue weighted by molar-refractivity contribution is 6.37. The fraction of sp³-hybridized carbons (Fsp3) is 0.241. The maximum atomic E-state index is 14.1. The van der Waals surface area contributed by atoms with Gasteiger partial charge in [-0.05, 0) is 30.2 Å². The second-order valence-corrected chi connectivity index (χ2v) is 9.39. The summed E-state index contributed by atoms with van der Waals surface area (Å²) in [6, 6.07) is 18.4. The van der Waals surface area contributed by atoms with Gasteiger partial charge in [0.2, 0.25) is 29.0 Å². The molecule has 0 radical (unpaired) electrons. The number of anilines is 1. The van der Waals surface area contributed by atoms with Crippen LogP contribution >= 0.6 is 0 Å². The Morgan fingerprint density at radius 2 is 1.41 bits per heavy atom. The summed E-state index contributed by atoms with van der Waals surface area (Å²) in [5, 5.41) is 0. The fourth-order valence-corrected chi connectivity index (χ4v) is 5.92. The van der Waals surface area contributed by atoms with Gasteiger partial charge in [-0.15, -0.1) is 0 Å². The monoisotopic (exact) mass is 497 g/mol. The van der Waals surface area contributed by atoms with Crippen molar-refractivity contribution in [2.45, 2.75) is 18.6 Å². The van der Waals surface area contributed by atoms with Gasteiger partial charge in [-0.2, -0.15) is 0 Å². The summed E-state index contributed by atoms with van der Waals surface area (Å²) in [5.41, 5.74) is 0.0169. The third-order valence-corrected chi connectivity index (χ3v) is 7.64. The number of imide groups is 1. The van der Waals surface area contributed by atoms with Crippen LogP contribution in [-0.2, 0) is 14.3 Å². The van der Waals surface area contributed by atoms with Crippen LogP contribution in [0.3, 0.4) is 0 Å². The maximum absolute atomic E-state index is 14.1. The summed E-state index contributed by atoms with van der Waals surface area (Å²) >= 11 is 0. The number of carbonyl (C=O) groups is 4. The fourth-order valence-electron chi connectivity index (χ4n) is 5.92. The van der Waals surface area contributed by atoms with Gasteiger partial charge in [0, 0.05) is 17.2 Å². The minimum atomic E-state index is -2.11. The lowest BCUT2D eigenvalue weighted by molar-refractivity contribution is -0.127. The molecule has 8 nitrogen and oxygen atoms in total. The molecule has 1 aliphatic carbocycles. The molecule has 3 atom stereocenters. The van der Waals surface area contributed by atoms with Crippen molar-refractivity contribution in [1.82, 2.24) is 0 Å². The Hall–Kier alpha value is -4.30. The first-order valence-electron chi connectivity index (χ1n) is 11.9. The Bertz CT molecular complexity index is 1470. The molecule has 2 aliphatic heterocycles. The number of benzene rings is 3. The van der Waals surface area contributed by atoms with Gasteiger partial charge in [0.05, 0.1) is 37.8 Å². The van der Waals surface area contributed by atoms with Crippen LogP contribution in [0.25, 0.3) is 0 Å². The molecular weight excluding hydrogens is 474 g/mol. The van der Waals surface area contributed by atoms with Crippen LogP contribution in [0.1, 0.15) is 37.9 Å². The van der Waals surface area contributed by atoms with Crippen LogP contribution in [0.15, 0.2) is 66.7 Å². The smallest absolute Gasteiger partial charge is 0.241 e. The van der Waals surface area contributed by atoms with E-state index in [-0.39, 0.29) is 16.8 Å². The van der Waals surface area contributed by atoms with Crippen molar-refractivity contribution in [2.75, 3.05) is 19.1 Å². The van der Waals surface area contributed by atoms with Crippen molar-refractivity contribution < 1.29 is 33.4 Å². The molecule has 3 aromatic rings.